The Balaban J connectivity index is 2.85. The van der Waals surface area contributed by atoms with Gasteiger partial charge in [0.2, 0.25) is 0 Å². The lowest BCUT2D eigenvalue weighted by molar-refractivity contribution is 0.938. The number of rotatable bonds is 1. The summed E-state index contributed by atoms with van der Waals surface area (Å²) in [6.07, 6.45) is 1.84. The molecule has 0 saturated heterocycles. The van der Waals surface area contributed by atoms with Crippen LogP contribution in [-0.2, 0) is 0 Å². The molecule has 13 heavy (non-hydrogen) atoms. The van der Waals surface area contributed by atoms with Crippen LogP contribution in [0.4, 0.5) is 0 Å². The average Bonchev–Trinajstić information content (AvgIpc) is 2.09. The van der Waals surface area contributed by atoms with Gasteiger partial charge < -0.3 is 5.32 Å². The molecule has 1 aromatic heterocycles. The normalized spacial score (nSPS) is 9.15. The average molecular weight is 174 g/mol. The van der Waals surface area contributed by atoms with Gasteiger partial charge in [-0.25, -0.2) is 4.98 Å². The second kappa shape index (κ2) is 4.64. The minimum absolute atomic E-state index is 0.703. The number of pyridine rings is 1. The van der Waals surface area contributed by atoms with E-state index in [0.29, 0.717) is 6.54 Å². The maximum absolute atomic E-state index is 4.25. The fourth-order valence-electron chi connectivity index (χ4n) is 1.06. The third kappa shape index (κ3) is 2.89. The van der Waals surface area contributed by atoms with E-state index in [1.54, 1.807) is 0 Å². The summed E-state index contributed by atoms with van der Waals surface area (Å²) in [5, 5.41) is 2.97. The van der Waals surface area contributed by atoms with E-state index in [9.17, 15) is 0 Å². The van der Waals surface area contributed by atoms with Crippen LogP contribution in [0, 0.1) is 25.7 Å². The molecule has 0 fully saturated rings. The summed E-state index contributed by atoms with van der Waals surface area (Å²) < 4.78 is 0. The number of aromatic nitrogens is 1. The van der Waals surface area contributed by atoms with Gasteiger partial charge in [0.05, 0.1) is 6.54 Å². The van der Waals surface area contributed by atoms with E-state index in [1.807, 2.05) is 27.1 Å². The van der Waals surface area contributed by atoms with Gasteiger partial charge in [0, 0.05) is 6.20 Å². The fourth-order valence-corrected chi connectivity index (χ4v) is 1.06. The number of aryl methyl sites for hydroxylation is 2. The van der Waals surface area contributed by atoms with Crippen LogP contribution in [0.5, 0.6) is 0 Å². The quantitative estimate of drug-likeness (QED) is 0.648. The van der Waals surface area contributed by atoms with Crippen LogP contribution in [-0.4, -0.2) is 18.6 Å². The summed E-state index contributed by atoms with van der Waals surface area (Å²) in [6, 6.07) is 2.09. The summed E-state index contributed by atoms with van der Waals surface area (Å²) in [5.41, 5.74) is 3.20. The molecule has 1 aromatic rings. The predicted octanol–water partition coefficient (Wildman–Crippen LogP) is 1.27. The van der Waals surface area contributed by atoms with Gasteiger partial charge in [0.15, 0.2) is 0 Å². The standard InChI is InChI=1S/C11H14N2/c1-9-7-10(2)11(13-8-9)5-4-6-12-3/h7-8,12H,6H2,1-3H3. The zero-order chi connectivity index (χ0) is 9.68. The topological polar surface area (TPSA) is 24.9 Å². The van der Waals surface area contributed by atoms with E-state index >= 15 is 0 Å². The van der Waals surface area contributed by atoms with Crippen molar-refractivity contribution in [2.24, 2.45) is 0 Å². The highest BCUT2D eigenvalue weighted by molar-refractivity contribution is 5.36. The van der Waals surface area contributed by atoms with Crippen LogP contribution in [0.15, 0.2) is 12.3 Å². The van der Waals surface area contributed by atoms with Crippen molar-refractivity contribution in [1.82, 2.24) is 10.3 Å². The second-order valence-corrected chi connectivity index (χ2v) is 3.01. The molecule has 2 heteroatoms. The molecule has 0 atom stereocenters. The summed E-state index contributed by atoms with van der Waals surface area (Å²) in [5.74, 6) is 6.01. The molecule has 0 spiro atoms. The molecule has 1 N–H and O–H groups in total. The first-order valence-electron chi connectivity index (χ1n) is 4.30. The van der Waals surface area contributed by atoms with Crippen LogP contribution in [0.3, 0.4) is 0 Å². The Morgan fingerprint density at radius 1 is 1.46 bits per heavy atom. The lowest BCUT2D eigenvalue weighted by Gasteiger charge is -1.97. The molecule has 0 radical (unpaired) electrons. The Hall–Kier alpha value is -1.33. The third-order valence-corrected chi connectivity index (χ3v) is 1.69. The van der Waals surface area contributed by atoms with E-state index < -0.39 is 0 Å². The largest absolute Gasteiger partial charge is 0.309 e. The van der Waals surface area contributed by atoms with Gasteiger partial charge >= 0.3 is 0 Å². The second-order valence-electron chi connectivity index (χ2n) is 3.01. The zero-order valence-corrected chi connectivity index (χ0v) is 8.31. The van der Waals surface area contributed by atoms with E-state index in [2.05, 4.69) is 28.2 Å². The molecular weight excluding hydrogens is 160 g/mol. The molecule has 68 valence electrons. The highest BCUT2D eigenvalue weighted by atomic mass is 14.8. The summed E-state index contributed by atoms with van der Waals surface area (Å²) in [7, 11) is 1.88. The Morgan fingerprint density at radius 2 is 2.23 bits per heavy atom. The van der Waals surface area contributed by atoms with Crippen molar-refractivity contribution in [1.29, 1.82) is 0 Å². The van der Waals surface area contributed by atoms with Crippen molar-refractivity contribution in [3.8, 4) is 11.8 Å². The van der Waals surface area contributed by atoms with Crippen LogP contribution in [0.25, 0.3) is 0 Å². The van der Waals surface area contributed by atoms with Crippen LogP contribution in [0.2, 0.25) is 0 Å². The predicted molar refractivity (Wildman–Crippen MR) is 54.5 cm³/mol. The monoisotopic (exact) mass is 174 g/mol. The van der Waals surface area contributed by atoms with E-state index in [4.69, 9.17) is 0 Å². The summed E-state index contributed by atoms with van der Waals surface area (Å²) in [6.45, 7) is 4.77. The number of nitrogens with zero attached hydrogens (tertiary/aromatic N) is 1. The maximum Gasteiger partial charge on any atom is 0.116 e. The van der Waals surface area contributed by atoms with Crippen molar-refractivity contribution in [3.63, 3.8) is 0 Å². The first kappa shape index (κ1) is 9.76. The van der Waals surface area contributed by atoms with Crippen LogP contribution < -0.4 is 5.32 Å². The van der Waals surface area contributed by atoms with Crippen molar-refractivity contribution in [2.45, 2.75) is 13.8 Å². The van der Waals surface area contributed by atoms with Crippen LogP contribution in [0.1, 0.15) is 16.8 Å². The van der Waals surface area contributed by atoms with Gasteiger partial charge in [0.25, 0.3) is 0 Å². The minimum atomic E-state index is 0.703. The molecule has 0 aromatic carbocycles. The SMILES string of the molecule is CNCC#Cc1ncc(C)cc1C. The van der Waals surface area contributed by atoms with Crippen molar-refractivity contribution < 1.29 is 0 Å². The molecule has 0 unspecified atom stereocenters. The van der Waals surface area contributed by atoms with E-state index in [1.165, 1.54) is 5.56 Å². The van der Waals surface area contributed by atoms with E-state index in [0.717, 1.165) is 11.3 Å². The van der Waals surface area contributed by atoms with Gasteiger partial charge in [-0.1, -0.05) is 12.0 Å². The molecule has 0 aliphatic rings. The van der Waals surface area contributed by atoms with E-state index in [-0.39, 0.29) is 0 Å². The van der Waals surface area contributed by atoms with Crippen molar-refractivity contribution >= 4 is 0 Å². The molecular formula is C11H14N2. The van der Waals surface area contributed by atoms with Gasteiger partial charge in [-0.3, -0.25) is 0 Å². The Kier molecular flexibility index (Phi) is 3.48. The van der Waals surface area contributed by atoms with Gasteiger partial charge in [-0.05, 0) is 37.9 Å². The Labute approximate surface area is 79.4 Å². The zero-order valence-electron chi connectivity index (χ0n) is 8.31. The van der Waals surface area contributed by atoms with Gasteiger partial charge in [0.1, 0.15) is 5.69 Å². The summed E-state index contributed by atoms with van der Waals surface area (Å²) in [4.78, 5) is 4.25. The van der Waals surface area contributed by atoms with Gasteiger partial charge in [-0.15, -0.1) is 0 Å². The molecule has 0 saturated carbocycles. The fraction of sp³-hybridized carbons (Fsp3) is 0.364. The smallest absolute Gasteiger partial charge is 0.116 e. The number of hydrogen-bond donors (Lipinski definition) is 1. The van der Waals surface area contributed by atoms with Crippen molar-refractivity contribution in [3.05, 3.63) is 29.1 Å². The molecule has 0 aliphatic carbocycles. The molecule has 0 aliphatic heterocycles. The molecule has 1 heterocycles. The maximum atomic E-state index is 4.25. The molecule has 1 rings (SSSR count). The number of hydrogen-bond acceptors (Lipinski definition) is 2. The molecule has 2 nitrogen and oxygen atoms in total. The first-order chi connectivity index (χ1) is 6.24. The Bertz CT molecular complexity index is 345. The lowest BCUT2D eigenvalue weighted by Crippen LogP contribution is -2.04. The summed E-state index contributed by atoms with van der Waals surface area (Å²) >= 11 is 0. The highest BCUT2D eigenvalue weighted by Gasteiger charge is 1.94. The number of nitrogens with one attached hydrogen (secondary N) is 1. The highest BCUT2D eigenvalue weighted by Crippen LogP contribution is 2.04. The van der Waals surface area contributed by atoms with Gasteiger partial charge in [-0.2, -0.15) is 0 Å². The first-order valence-corrected chi connectivity index (χ1v) is 4.30. The Morgan fingerprint density at radius 3 is 2.85 bits per heavy atom. The molecule has 0 amide bonds. The lowest BCUT2D eigenvalue weighted by atomic mass is 10.2. The van der Waals surface area contributed by atoms with Crippen molar-refractivity contribution in [2.75, 3.05) is 13.6 Å². The molecule has 0 bridgehead atoms. The van der Waals surface area contributed by atoms with Crippen LogP contribution >= 0.6 is 0 Å². The third-order valence-electron chi connectivity index (χ3n) is 1.69. The minimum Gasteiger partial charge on any atom is -0.309 e.